The molecule has 1 amide bonds. The molecule has 0 unspecified atom stereocenters. The van der Waals surface area contributed by atoms with E-state index in [0.29, 0.717) is 18.7 Å². The molecule has 0 aromatic rings. The molecule has 2 aliphatic rings. The van der Waals surface area contributed by atoms with Crippen molar-refractivity contribution < 1.29 is 9.53 Å². The fraction of sp³-hybridized carbons (Fsp3) is 0.889. The molecule has 1 N–H and O–H groups in total. The molecule has 1 saturated heterocycles. The Morgan fingerprint density at radius 1 is 1.54 bits per heavy atom. The van der Waals surface area contributed by atoms with Gasteiger partial charge in [0.15, 0.2) is 0 Å². The summed E-state index contributed by atoms with van der Waals surface area (Å²) in [6.07, 6.45) is 2.60. The van der Waals surface area contributed by atoms with Crippen LogP contribution in [0.5, 0.6) is 0 Å². The van der Waals surface area contributed by atoms with Gasteiger partial charge in [-0.3, -0.25) is 9.69 Å². The molecule has 0 atom stereocenters. The molecule has 0 aromatic carbocycles. The second-order valence-electron chi connectivity index (χ2n) is 3.80. The fourth-order valence-corrected chi connectivity index (χ4v) is 2.00. The van der Waals surface area contributed by atoms with Crippen LogP contribution < -0.4 is 5.32 Å². The number of methoxy groups -OCH3 is 1. The summed E-state index contributed by atoms with van der Waals surface area (Å²) in [5.41, 5.74) is 0. The van der Waals surface area contributed by atoms with E-state index in [1.54, 1.807) is 7.11 Å². The molecule has 1 aliphatic heterocycles. The zero-order valence-electron chi connectivity index (χ0n) is 7.95. The van der Waals surface area contributed by atoms with E-state index in [2.05, 4.69) is 10.2 Å². The molecule has 1 saturated carbocycles. The van der Waals surface area contributed by atoms with Crippen LogP contribution in [-0.2, 0) is 9.53 Å². The van der Waals surface area contributed by atoms with E-state index < -0.39 is 0 Å². The number of carbonyl (C=O) groups excluding carboxylic acids is 1. The average Bonchev–Trinajstić information content (AvgIpc) is 2.02. The van der Waals surface area contributed by atoms with Crippen LogP contribution in [0.15, 0.2) is 0 Å². The predicted octanol–water partition coefficient (Wildman–Crippen LogP) is -0.404. The number of carbonyl (C=O) groups is 1. The maximum atomic E-state index is 11.1. The van der Waals surface area contributed by atoms with Crippen LogP contribution in [0.1, 0.15) is 12.8 Å². The third-order valence-electron chi connectivity index (χ3n) is 2.99. The molecule has 0 radical (unpaired) electrons. The minimum atomic E-state index is 0.159. The number of nitrogens with one attached hydrogen (secondary N) is 1. The van der Waals surface area contributed by atoms with Gasteiger partial charge in [-0.2, -0.15) is 0 Å². The van der Waals surface area contributed by atoms with Crippen molar-refractivity contribution in [1.82, 2.24) is 10.2 Å². The lowest BCUT2D eigenvalue weighted by molar-refractivity contribution is -0.127. The van der Waals surface area contributed by atoms with Gasteiger partial charge in [0.05, 0.1) is 12.6 Å². The largest absolute Gasteiger partial charge is 0.381 e. The Kier molecular flexibility index (Phi) is 2.51. The molecule has 0 bridgehead atoms. The zero-order chi connectivity index (χ0) is 9.26. The molecular formula is C9H16N2O2. The van der Waals surface area contributed by atoms with Gasteiger partial charge in [-0.1, -0.05) is 0 Å². The lowest BCUT2D eigenvalue weighted by Crippen LogP contribution is -2.56. The van der Waals surface area contributed by atoms with Crippen LogP contribution in [0.25, 0.3) is 0 Å². The summed E-state index contributed by atoms with van der Waals surface area (Å²) in [6.45, 7) is 2.36. The Hall–Kier alpha value is -0.610. The fourth-order valence-electron chi connectivity index (χ4n) is 2.00. The number of hydrogen-bond donors (Lipinski definition) is 1. The van der Waals surface area contributed by atoms with Crippen molar-refractivity contribution in [3.05, 3.63) is 0 Å². The van der Waals surface area contributed by atoms with Crippen molar-refractivity contribution >= 4 is 5.91 Å². The Morgan fingerprint density at radius 3 is 2.92 bits per heavy atom. The highest BCUT2D eigenvalue weighted by molar-refractivity contribution is 5.78. The van der Waals surface area contributed by atoms with Gasteiger partial charge in [0.1, 0.15) is 0 Å². The molecule has 1 aliphatic carbocycles. The third-order valence-corrected chi connectivity index (χ3v) is 2.99. The molecule has 2 rings (SSSR count). The van der Waals surface area contributed by atoms with Crippen LogP contribution in [-0.4, -0.2) is 49.7 Å². The number of hydrogen-bond acceptors (Lipinski definition) is 3. The summed E-state index contributed by atoms with van der Waals surface area (Å²) in [6, 6.07) is 0.580. The van der Waals surface area contributed by atoms with Crippen molar-refractivity contribution in [3.63, 3.8) is 0 Å². The van der Waals surface area contributed by atoms with Gasteiger partial charge >= 0.3 is 0 Å². The van der Waals surface area contributed by atoms with E-state index in [9.17, 15) is 4.79 Å². The van der Waals surface area contributed by atoms with Crippen LogP contribution >= 0.6 is 0 Å². The van der Waals surface area contributed by atoms with Gasteiger partial charge in [0.2, 0.25) is 5.91 Å². The Morgan fingerprint density at radius 2 is 2.31 bits per heavy atom. The Labute approximate surface area is 78.2 Å². The first-order chi connectivity index (χ1) is 6.29. The van der Waals surface area contributed by atoms with E-state index in [4.69, 9.17) is 4.74 Å². The molecule has 4 heteroatoms. The molecule has 13 heavy (non-hydrogen) atoms. The second kappa shape index (κ2) is 3.64. The van der Waals surface area contributed by atoms with Crippen molar-refractivity contribution in [2.45, 2.75) is 25.0 Å². The average molecular weight is 184 g/mol. The van der Waals surface area contributed by atoms with Crippen LogP contribution in [0.4, 0.5) is 0 Å². The number of piperazine rings is 1. The monoisotopic (exact) mass is 184 g/mol. The first kappa shape index (κ1) is 8.97. The molecule has 0 spiro atoms. The maximum absolute atomic E-state index is 11.1. The summed E-state index contributed by atoms with van der Waals surface area (Å²) < 4.78 is 5.21. The molecule has 2 fully saturated rings. The molecule has 74 valence electrons. The second-order valence-corrected chi connectivity index (χ2v) is 3.80. The van der Waals surface area contributed by atoms with Crippen molar-refractivity contribution in [1.29, 1.82) is 0 Å². The topological polar surface area (TPSA) is 41.6 Å². The number of ether oxygens (including phenoxy) is 1. The molecule has 1 heterocycles. The van der Waals surface area contributed by atoms with Crippen LogP contribution in [0, 0.1) is 0 Å². The van der Waals surface area contributed by atoms with Crippen molar-refractivity contribution in [2.24, 2.45) is 0 Å². The van der Waals surface area contributed by atoms with Gasteiger partial charge < -0.3 is 10.1 Å². The molecule has 4 nitrogen and oxygen atoms in total. The first-order valence-corrected chi connectivity index (χ1v) is 4.83. The van der Waals surface area contributed by atoms with Crippen molar-refractivity contribution in [3.8, 4) is 0 Å². The predicted molar refractivity (Wildman–Crippen MR) is 48.4 cm³/mol. The van der Waals surface area contributed by atoms with Gasteiger partial charge in [-0.25, -0.2) is 0 Å². The maximum Gasteiger partial charge on any atom is 0.234 e. The van der Waals surface area contributed by atoms with E-state index in [-0.39, 0.29) is 5.91 Å². The van der Waals surface area contributed by atoms with Crippen LogP contribution in [0.3, 0.4) is 0 Å². The highest BCUT2D eigenvalue weighted by Crippen LogP contribution is 2.27. The minimum absolute atomic E-state index is 0.159. The number of nitrogens with zero attached hydrogens (tertiary/aromatic N) is 1. The molecular weight excluding hydrogens is 168 g/mol. The van der Waals surface area contributed by atoms with Gasteiger partial charge in [0.25, 0.3) is 0 Å². The normalized spacial score (nSPS) is 35.3. The standard InChI is InChI=1S/C9H16N2O2/c1-13-8-4-7(5-8)11-3-2-10-9(12)6-11/h7-8H,2-6H2,1H3,(H,10,12). The van der Waals surface area contributed by atoms with E-state index in [1.807, 2.05) is 0 Å². The number of amides is 1. The summed E-state index contributed by atoms with van der Waals surface area (Å²) in [7, 11) is 1.75. The van der Waals surface area contributed by atoms with E-state index in [0.717, 1.165) is 25.9 Å². The van der Waals surface area contributed by atoms with E-state index in [1.165, 1.54) is 0 Å². The number of rotatable bonds is 2. The third kappa shape index (κ3) is 1.84. The SMILES string of the molecule is COC1CC(N2CCNC(=O)C2)C1. The molecule has 0 aromatic heterocycles. The van der Waals surface area contributed by atoms with Gasteiger partial charge in [-0.05, 0) is 12.8 Å². The van der Waals surface area contributed by atoms with Crippen molar-refractivity contribution in [2.75, 3.05) is 26.7 Å². The van der Waals surface area contributed by atoms with Gasteiger partial charge in [0, 0.05) is 26.2 Å². The Bertz CT molecular complexity index is 202. The zero-order valence-corrected chi connectivity index (χ0v) is 7.95. The van der Waals surface area contributed by atoms with Crippen LogP contribution in [0.2, 0.25) is 0 Å². The minimum Gasteiger partial charge on any atom is -0.381 e. The highest BCUT2D eigenvalue weighted by atomic mass is 16.5. The summed E-state index contributed by atoms with van der Waals surface area (Å²) in [4.78, 5) is 13.3. The smallest absolute Gasteiger partial charge is 0.234 e. The quantitative estimate of drug-likeness (QED) is 0.634. The summed E-state index contributed by atoms with van der Waals surface area (Å²) in [5, 5.41) is 2.83. The lowest BCUT2D eigenvalue weighted by Gasteiger charge is -2.43. The van der Waals surface area contributed by atoms with Gasteiger partial charge in [-0.15, -0.1) is 0 Å². The summed E-state index contributed by atoms with van der Waals surface area (Å²) in [5.74, 6) is 0.159. The first-order valence-electron chi connectivity index (χ1n) is 4.83. The Balaban J connectivity index is 1.78. The lowest BCUT2D eigenvalue weighted by atomic mass is 9.87. The summed E-state index contributed by atoms with van der Waals surface area (Å²) >= 11 is 0. The highest BCUT2D eigenvalue weighted by Gasteiger charge is 2.35. The van der Waals surface area contributed by atoms with E-state index >= 15 is 0 Å².